The number of allylic oxidation sites excluding steroid dienone is 8. The monoisotopic (exact) mass is 564 g/mol. The SMILES string of the molecule is CC/C=C/C/C=C/CCCCC(=O)OC(COCCC(C(=O)O)[N+](C)(C)C)COC(=O)CC/C=C/C/C=C/CC. The molecule has 0 aromatic carbocycles. The number of likely N-dealkylation sites (N-methyl/N-ethyl adjacent to an activating group) is 1. The first-order valence-electron chi connectivity index (χ1n) is 14.7. The number of hydrogen-bond acceptors (Lipinski definition) is 6. The Morgan fingerprint density at radius 3 is 1.93 bits per heavy atom. The van der Waals surface area contributed by atoms with Crippen molar-refractivity contribution in [2.75, 3.05) is 41.0 Å². The maximum absolute atomic E-state index is 12.4. The zero-order chi connectivity index (χ0) is 30.1. The molecule has 40 heavy (non-hydrogen) atoms. The zero-order valence-corrected chi connectivity index (χ0v) is 25.5. The first-order valence-corrected chi connectivity index (χ1v) is 14.7. The average Bonchev–Trinajstić information content (AvgIpc) is 2.89. The summed E-state index contributed by atoms with van der Waals surface area (Å²) < 4.78 is 16.9. The molecule has 0 aliphatic rings. The predicted molar refractivity (Wildman–Crippen MR) is 160 cm³/mol. The largest absolute Gasteiger partial charge is 0.477 e. The molecule has 0 rings (SSSR count). The van der Waals surface area contributed by atoms with Crippen LogP contribution in [-0.4, -0.2) is 80.6 Å². The second-order valence-corrected chi connectivity index (χ2v) is 10.6. The Morgan fingerprint density at radius 1 is 0.750 bits per heavy atom. The number of rotatable bonds is 24. The Kier molecular flexibility index (Phi) is 22.5. The summed E-state index contributed by atoms with van der Waals surface area (Å²) >= 11 is 0. The number of hydrogen-bond donors (Lipinski definition) is 1. The number of quaternary nitrogens is 1. The molecule has 0 bridgehead atoms. The highest BCUT2D eigenvalue weighted by atomic mass is 16.6. The van der Waals surface area contributed by atoms with Gasteiger partial charge in [0.15, 0.2) is 12.1 Å². The molecule has 0 spiro atoms. The minimum Gasteiger partial charge on any atom is -0.477 e. The van der Waals surface area contributed by atoms with E-state index < -0.39 is 18.1 Å². The Bertz CT molecular complexity index is 809. The third-order valence-electron chi connectivity index (χ3n) is 5.99. The van der Waals surface area contributed by atoms with E-state index in [0.29, 0.717) is 19.3 Å². The number of ether oxygens (including phenoxy) is 3. The number of carboxylic acid groups (broad SMARTS) is 1. The Balaban J connectivity index is 4.68. The van der Waals surface area contributed by atoms with Crippen molar-refractivity contribution in [3.63, 3.8) is 0 Å². The van der Waals surface area contributed by atoms with Crippen LogP contribution in [0.4, 0.5) is 0 Å². The van der Waals surface area contributed by atoms with Crippen molar-refractivity contribution in [2.24, 2.45) is 0 Å². The lowest BCUT2D eigenvalue weighted by Gasteiger charge is -2.31. The van der Waals surface area contributed by atoms with E-state index in [-0.39, 0.29) is 49.1 Å². The quantitative estimate of drug-likeness (QED) is 0.0647. The fraction of sp³-hybridized carbons (Fsp3) is 0.656. The third kappa shape index (κ3) is 22.1. The first kappa shape index (κ1) is 37.3. The third-order valence-corrected chi connectivity index (χ3v) is 5.99. The lowest BCUT2D eigenvalue weighted by Crippen LogP contribution is -2.50. The van der Waals surface area contributed by atoms with Gasteiger partial charge in [0.25, 0.3) is 0 Å². The number of esters is 2. The second kappa shape index (κ2) is 24.1. The van der Waals surface area contributed by atoms with Crippen LogP contribution in [0.5, 0.6) is 0 Å². The first-order chi connectivity index (χ1) is 19.1. The van der Waals surface area contributed by atoms with Crippen LogP contribution < -0.4 is 0 Å². The van der Waals surface area contributed by atoms with E-state index in [1.165, 1.54) is 0 Å². The standard InChI is InChI=1S/C32H53NO7/c1-6-8-10-12-14-15-17-19-21-23-31(35)40-28(26-38-25-24-29(32(36)37)33(3,4)5)27-39-30(34)22-20-18-16-13-11-9-7-2/h8-11,14-16,18,28-29H,6-7,12-13,17,19-27H2,1-5H3/p+1/b10-8+,11-9+,15-14+,18-16+. The molecule has 1 N–H and O–H groups in total. The van der Waals surface area contributed by atoms with E-state index in [1.807, 2.05) is 33.3 Å². The highest BCUT2D eigenvalue weighted by Gasteiger charge is 2.31. The Hall–Kier alpha value is -2.71. The summed E-state index contributed by atoms with van der Waals surface area (Å²) in [7, 11) is 5.46. The summed E-state index contributed by atoms with van der Waals surface area (Å²) in [6, 6.07) is -0.624. The van der Waals surface area contributed by atoms with Gasteiger partial charge in [0, 0.05) is 19.3 Å². The van der Waals surface area contributed by atoms with Gasteiger partial charge in [-0.15, -0.1) is 0 Å². The molecule has 2 unspecified atom stereocenters. The smallest absolute Gasteiger partial charge is 0.362 e. The lowest BCUT2D eigenvalue weighted by molar-refractivity contribution is -0.887. The van der Waals surface area contributed by atoms with E-state index in [9.17, 15) is 19.5 Å². The van der Waals surface area contributed by atoms with Gasteiger partial charge < -0.3 is 23.8 Å². The molecule has 0 aromatic heterocycles. The summed E-state index contributed by atoms with van der Waals surface area (Å²) in [5, 5.41) is 9.50. The maximum Gasteiger partial charge on any atom is 0.362 e. The number of nitrogens with zero attached hydrogens (tertiary/aromatic N) is 1. The van der Waals surface area contributed by atoms with Crippen LogP contribution in [0.15, 0.2) is 48.6 Å². The van der Waals surface area contributed by atoms with Crippen LogP contribution in [0.2, 0.25) is 0 Å². The van der Waals surface area contributed by atoms with Gasteiger partial charge in [0.1, 0.15) is 6.61 Å². The Morgan fingerprint density at radius 2 is 1.35 bits per heavy atom. The number of unbranched alkanes of at least 4 members (excludes halogenated alkanes) is 2. The fourth-order valence-electron chi connectivity index (χ4n) is 3.71. The van der Waals surface area contributed by atoms with Gasteiger partial charge in [-0.25, -0.2) is 4.79 Å². The van der Waals surface area contributed by atoms with E-state index >= 15 is 0 Å². The topological polar surface area (TPSA) is 99.1 Å². The molecule has 0 fully saturated rings. The summed E-state index contributed by atoms with van der Waals surface area (Å²) in [4.78, 5) is 36.2. The van der Waals surface area contributed by atoms with Gasteiger partial charge in [0.2, 0.25) is 0 Å². The van der Waals surface area contributed by atoms with Crippen LogP contribution in [0.1, 0.15) is 84.5 Å². The lowest BCUT2D eigenvalue weighted by atomic mass is 10.1. The molecule has 2 atom stereocenters. The van der Waals surface area contributed by atoms with E-state index in [1.54, 1.807) is 0 Å². The molecule has 0 saturated heterocycles. The second-order valence-electron chi connectivity index (χ2n) is 10.6. The Labute approximate surface area is 242 Å². The normalized spacial score (nSPS) is 13.9. The van der Waals surface area contributed by atoms with Crippen LogP contribution in [-0.2, 0) is 28.6 Å². The molecule has 0 radical (unpaired) electrons. The fourth-order valence-corrected chi connectivity index (χ4v) is 3.71. The minimum absolute atomic E-state index is 0.0280. The van der Waals surface area contributed by atoms with E-state index in [4.69, 9.17) is 14.2 Å². The average molecular weight is 565 g/mol. The van der Waals surface area contributed by atoms with Gasteiger partial charge in [-0.3, -0.25) is 9.59 Å². The molecule has 0 aromatic rings. The molecule has 8 nitrogen and oxygen atoms in total. The highest BCUT2D eigenvalue weighted by Crippen LogP contribution is 2.10. The van der Waals surface area contributed by atoms with Crippen molar-refractivity contribution < 1.29 is 38.2 Å². The number of carbonyl (C=O) groups is 3. The summed E-state index contributed by atoms with van der Waals surface area (Å²) in [5.74, 6) is -1.63. The summed E-state index contributed by atoms with van der Waals surface area (Å²) in [5.41, 5.74) is 0. The predicted octanol–water partition coefficient (Wildman–Crippen LogP) is 6.17. The van der Waals surface area contributed by atoms with Crippen molar-refractivity contribution in [3.8, 4) is 0 Å². The van der Waals surface area contributed by atoms with Crippen molar-refractivity contribution in [1.82, 2.24) is 0 Å². The maximum atomic E-state index is 12.4. The van der Waals surface area contributed by atoms with Gasteiger partial charge in [0.05, 0.1) is 34.4 Å². The molecule has 0 heterocycles. The number of carbonyl (C=O) groups excluding carboxylic acids is 2. The molecule has 0 aliphatic carbocycles. The minimum atomic E-state index is -0.893. The van der Waals surface area contributed by atoms with Crippen LogP contribution in [0, 0.1) is 0 Å². The van der Waals surface area contributed by atoms with Gasteiger partial charge in [-0.1, -0.05) is 62.5 Å². The highest BCUT2D eigenvalue weighted by molar-refractivity contribution is 5.72. The summed E-state index contributed by atoms with van der Waals surface area (Å²) in [6.45, 7) is 4.30. The molecular formula is C32H54NO7+. The van der Waals surface area contributed by atoms with E-state index in [2.05, 4.69) is 50.3 Å². The number of carboxylic acids is 1. The van der Waals surface area contributed by atoms with Crippen LogP contribution >= 0.6 is 0 Å². The molecule has 228 valence electrons. The molecule has 0 aliphatic heterocycles. The molecule has 8 heteroatoms. The van der Waals surface area contributed by atoms with Gasteiger partial charge in [-0.2, -0.15) is 0 Å². The van der Waals surface area contributed by atoms with Crippen molar-refractivity contribution in [3.05, 3.63) is 48.6 Å². The van der Waals surface area contributed by atoms with E-state index in [0.717, 1.165) is 38.5 Å². The molecule has 0 amide bonds. The molecule has 0 saturated carbocycles. The molecular weight excluding hydrogens is 510 g/mol. The van der Waals surface area contributed by atoms with Crippen LogP contribution in [0.3, 0.4) is 0 Å². The van der Waals surface area contributed by atoms with Crippen molar-refractivity contribution in [2.45, 2.75) is 96.6 Å². The van der Waals surface area contributed by atoms with Crippen LogP contribution in [0.25, 0.3) is 0 Å². The van der Waals surface area contributed by atoms with Crippen molar-refractivity contribution >= 4 is 17.9 Å². The zero-order valence-electron chi connectivity index (χ0n) is 25.5. The van der Waals surface area contributed by atoms with Gasteiger partial charge in [-0.05, 0) is 51.4 Å². The summed E-state index contributed by atoms with van der Waals surface area (Å²) in [6.07, 6.45) is 23.6. The number of aliphatic carboxylic acids is 1. The van der Waals surface area contributed by atoms with Gasteiger partial charge >= 0.3 is 17.9 Å². The van der Waals surface area contributed by atoms with Crippen molar-refractivity contribution in [1.29, 1.82) is 0 Å².